The van der Waals surface area contributed by atoms with E-state index in [1.165, 1.54) is 0 Å². The first-order chi connectivity index (χ1) is 17.6. The number of carbonyl (C=O) groups excluding carboxylic acids is 1. The van der Waals surface area contributed by atoms with Crippen LogP contribution in [0.2, 0.25) is 5.02 Å². The van der Waals surface area contributed by atoms with Gasteiger partial charge in [-0.3, -0.25) is 14.4 Å². The van der Waals surface area contributed by atoms with Crippen LogP contribution in [0.25, 0.3) is 5.69 Å². The van der Waals surface area contributed by atoms with E-state index >= 15 is 0 Å². The zero-order chi connectivity index (χ0) is 26.7. The zero-order valence-corrected chi connectivity index (χ0v) is 22.2. The van der Waals surface area contributed by atoms with Gasteiger partial charge in [0.2, 0.25) is 5.91 Å². The summed E-state index contributed by atoms with van der Waals surface area (Å²) in [6, 6.07) is 12.5. The second-order valence-corrected chi connectivity index (χ2v) is 10.0. The Morgan fingerprint density at radius 1 is 1.22 bits per heavy atom. The van der Waals surface area contributed by atoms with Crippen LogP contribution >= 0.6 is 11.6 Å². The minimum atomic E-state index is -1.22. The van der Waals surface area contributed by atoms with Crippen LogP contribution in [0.3, 0.4) is 0 Å². The normalized spacial score (nSPS) is 15.8. The summed E-state index contributed by atoms with van der Waals surface area (Å²) in [5.41, 5.74) is 1.89. The zero-order valence-electron chi connectivity index (χ0n) is 21.4. The molecule has 9 nitrogen and oxygen atoms in total. The van der Waals surface area contributed by atoms with Gasteiger partial charge in [-0.2, -0.15) is 0 Å². The lowest BCUT2D eigenvalue weighted by Gasteiger charge is -2.24. The second kappa shape index (κ2) is 11.0. The summed E-state index contributed by atoms with van der Waals surface area (Å²) >= 11 is 6.16. The lowest BCUT2D eigenvalue weighted by atomic mass is 9.99. The molecule has 1 aliphatic heterocycles. The van der Waals surface area contributed by atoms with Crippen molar-refractivity contribution in [1.82, 2.24) is 20.1 Å². The summed E-state index contributed by atoms with van der Waals surface area (Å²) in [6.45, 7) is 7.59. The standard InChI is InChI=1S/C27H32ClN5O4/c1-5-29-24(35)15-21-26-32-31-16(2)33(26)22-11-10-19(37-13-12-23(34)27(3,4)36)14-20(22)25(30-21)17-6-8-18(28)9-7-17/h6-11,14,21,23,34,36H,5,12-13,15H2,1-4H3,(H,29,35)/t21-,23?/m0/s1. The lowest BCUT2D eigenvalue weighted by molar-refractivity contribution is -0.121. The molecule has 3 N–H and O–H groups in total. The van der Waals surface area contributed by atoms with E-state index < -0.39 is 17.7 Å². The molecule has 3 aromatic rings. The van der Waals surface area contributed by atoms with Crippen LogP contribution in [0.5, 0.6) is 5.75 Å². The number of fused-ring (bicyclic) bond motifs is 3. The number of rotatable bonds is 9. The predicted octanol–water partition coefficient (Wildman–Crippen LogP) is 3.55. The van der Waals surface area contributed by atoms with Crippen molar-refractivity contribution in [3.63, 3.8) is 0 Å². The number of aliphatic hydroxyl groups is 2. The highest BCUT2D eigenvalue weighted by molar-refractivity contribution is 6.30. The van der Waals surface area contributed by atoms with Crippen molar-refractivity contribution in [2.24, 2.45) is 4.99 Å². The number of nitrogens with one attached hydrogen (secondary N) is 1. The van der Waals surface area contributed by atoms with E-state index in [0.29, 0.717) is 34.7 Å². The smallest absolute Gasteiger partial charge is 0.222 e. The van der Waals surface area contributed by atoms with E-state index in [4.69, 9.17) is 21.3 Å². The molecule has 1 unspecified atom stereocenters. The molecule has 1 aliphatic rings. The van der Waals surface area contributed by atoms with Crippen molar-refractivity contribution in [1.29, 1.82) is 0 Å². The van der Waals surface area contributed by atoms with E-state index in [1.54, 1.807) is 26.0 Å². The molecule has 1 amide bonds. The maximum Gasteiger partial charge on any atom is 0.222 e. The van der Waals surface area contributed by atoms with Gasteiger partial charge >= 0.3 is 0 Å². The number of hydrogen-bond donors (Lipinski definition) is 3. The van der Waals surface area contributed by atoms with Gasteiger partial charge in [-0.1, -0.05) is 23.7 Å². The summed E-state index contributed by atoms with van der Waals surface area (Å²) < 4.78 is 7.88. The number of aromatic nitrogens is 3. The van der Waals surface area contributed by atoms with E-state index in [0.717, 1.165) is 16.8 Å². The molecule has 196 valence electrons. The number of aryl methyl sites for hydroxylation is 1. The van der Waals surface area contributed by atoms with E-state index in [1.807, 2.05) is 48.7 Å². The summed E-state index contributed by atoms with van der Waals surface area (Å²) in [5, 5.41) is 32.3. The van der Waals surface area contributed by atoms with Gasteiger partial charge in [0.1, 0.15) is 17.6 Å². The van der Waals surface area contributed by atoms with Crippen LogP contribution in [0.4, 0.5) is 0 Å². The second-order valence-electron chi connectivity index (χ2n) is 9.58. The number of carbonyl (C=O) groups is 1. The maximum absolute atomic E-state index is 12.6. The molecule has 2 heterocycles. The molecular formula is C27H32ClN5O4. The number of aliphatic hydroxyl groups excluding tert-OH is 1. The fourth-order valence-electron chi connectivity index (χ4n) is 4.23. The van der Waals surface area contributed by atoms with Crippen molar-refractivity contribution >= 4 is 23.2 Å². The van der Waals surface area contributed by atoms with Gasteiger partial charge in [0, 0.05) is 29.1 Å². The predicted molar refractivity (Wildman–Crippen MR) is 142 cm³/mol. The summed E-state index contributed by atoms with van der Waals surface area (Å²) in [6.07, 6.45) is -0.533. The van der Waals surface area contributed by atoms with Gasteiger partial charge in [-0.25, -0.2) is 0 Å². The Balaban J connectivity index is 1.78. The molecule has 10 heteroatoms. The average molecular weight is 526 g/mol. The van der Waals surface area contributed by atoms with Crippen LogP contribution in [-0.4, -0.2) is 61.5 Å². The Morgan fingerprint density at radius 3 is 2.62 bits per heavy atom. The molecule has 0 radical (unpaired) electrons. The molecule has 0 saturated heterocycles. The van der Waals surface area contributed by atoms with Crippen LogP contribution in [0.15, 0.2) is 47.5 Å². The number of ether oxygens (including phenoxy) is 1. The van der Waals surface area contributed by atoms with Gasteiger partial charge in [-0.05, 0) is 58.0 Å². The van der Waals surface area contributed by atoms with Crippen LogP contribution in [-0.2, 0) is 4.79 Å². The van der Waals surface area contributed by atoms with Crippen molar-refractivity contribution < 1.29 is 19.7 Å². The first-order valence-electron chi connectivity index (χ1n) is 12.3. The molecule has 2 aromatic carbocycles. The maximum atomic E-state index is 12.6. The molecule has 0 saturated carbocycles. The molecule has 0 spiro atoms. The highest BCUT2D eigenvalue weighted by Gasteiger charge is 2.30. The highest BCUT2D eigenvalue weighted by Crippen LogP contribution is 2.34. The topological polar surface area (TPSA) is 122 Å². The average Bonchev–Trinajstić information content (AvgIpc) is 3.16. The molecule has 37 heavy (non-hydrogen) atoms. The highest BCUT2D eigenvalue weighted by atomic mass is 35.5. The monoisotopic (exact) mass is 525 g/mol. The fraction of sp³-hybridized carbons (Fsp3) is 0.407. The number of halogens is 1. The molecule has 0 bridgehead atoms. The Morgan fingerprint density at radius 2 is 1.95 bits per heavy atom. The first kappa shape index (κ1) is 26.8. The largest absolute Gasteiger partial charge is 0.493 e. The molecule has 0 fully saturated rings. The number of nitrogens with zero attached hydrogens (tertiary/aromatic N) is 4. The summed E-state index contributed by atoms with van der Waals surface area (Å²) in [5.74, 6) is 1.71. The quantitative estimate of drug-likeness (QED) is 0.393. The first-order valence-corrected chi connectivity index (χ1v) is 12.7. The van der Waals surface area contributed by atoms with E-state index in [9.17, 15) is 15.0 Å². The minimum Gasteiger partial charge on any atom is -0.493 e. The molecule has 4 rings (SSSR count). The Hall–Kier alpha value is -3.27. The number of benzene rings is 2. The fourth-order valence-corrected chi connectivity index (χ4v) is 4.35. The van der Waals surface area contributed by atoms with Gasteiger partial charge in [0.05, 0.1) is 36.1 Å². The molecular weight excluding hydrogens is 494 g/mol. The van der Waals surface area contributed by atoms with Crippen LogP contribution < -0.4 is 10.1 Å². The molecule has 2 atom stereocenters. The van der Waals surface area contributed by atoms with Crippen LogP contribution in [0.1, 0.15) is 62.4 Å². The summed E-state index contributed by atoms with van der Waals surface area (Å²) in [4.78, 5) is 17.6. The lowest BCUT2D eigenvalue weighted by Crippen LogP contribution is -2.36. The third kappa shape index (κ3) is 6.01. The van der Waals surface area contributed by atoms with Crippen molar-refractivity contribution in [2.75, 3.05) is 13.2 Å². The third-order valence-electron chi connectivity index (χ3n) is 6.24. The molecule has 0 aliphatic carbocycles. The van der Waals surface area contributed by atoms with Crippen LogP contribution in [0, 0.1) is 6.92 Å². The van der Waals surface area contributed by atoms with Gasteiger partial charge in [0.25, 0.3) is 0 Å². The van der Waals surface area contributed by atoms with Gasteiger partial charge in [0.15, 0.2) is 5.82 Å². The Kier molecular flexibility index (Phi) is 7.96. The number of hydrogen-bond acceptors (Lipinski definition) is 7. The third-order valence-corrected chi connectivity index (χ3v) is 6.49. The number of aliphatic imine (C=N–C) groups is 1. The Bertz CT molecular complexity index is 1300. The Labute approximate surface area is 221 Å². The summed E-state index contributed by atoms with van der Waals surface area (Å²) in [7, 11) is 0. The van der Waals surface area contributed by atoms with Crippen molar-refractivity contribution in [3.05, 3.63) is 70.3 Å². The van der Waals surface area contributed by atoms with Gasteiger partial charge in [-0.15, -0.1) is 10.2 Å². The van der Waals surface area contributed by atoms with Gasteiger partial charge < -0.3 is 20.3 Å². The van der Waals surface area contributed by atoms with E-state index in [-0.39, 0.29) is 25.4 Å². The molecule has 1 aromatic heterocycles. The SMILES string of the molecule is CCNC(=O)C[C@@H]1N=C(c2ccc(Cl)cc2)c2cc(OCCC(O)C(C)(C)O)ccc2-n2c(C)nnc21. The van der Waals surface area contributed by atoms with Crippen molar-refractivity contribution in [2.45, 2.75) is 58.3 Å². The van der Waals surface area contributed by atoms with E-state index in [2.05, 4.69) is 15.5 Å². The van der Waals surface area contributed by atoms with Crippen molar-refractivity contribution in [3.8, 4) is 11.4 Å². The number of amides is 1. The minimum absolute atomic E-state index is 0.120.